The Hall–Kier alpha value is -1.37. The van der Waals surface area contributed by atoms with Crippen molar-refractivity contribution in [3.8, 4) is 0 Å². The molecule has 0 atom stereocenters. The van der Waals surface area contributed by atoms with E-state index >= 15 is 0 Å². The number of halogens is 1. The topological polar surface area (TPSA) is 59.4 Å². The van der Waals surface area contributed by atoms with Gasteiger partial charge in [0.15, 0.2) is 0 Å². The van der Waals surface area contributed by atoms with Crippen molar-refractivity contribution >= 4 is 33.7 Å². The van der Waals surface area contributed by atoms with Gasteiger partial charge in [0.25, 0.3) is 0 Å². The lowest BCUT2D eigenvalue weighted by Crippen LogP contribution is -2.10. The molecule has 1 N–H and O–H groups in total. The highest BCUT2D eigenvalue weighted by atomic mass is 79.9. The average Bonchev–Trinajstić information content (AvgIpc) is 2.48. The Labute approximate surface area is 129 Å². The van der Waals surface area contributed by atoms with E-state index in [0.717, 1.165) is 9.37 Å². The van der Waals surface area contributed by atoms with Crippen molar-refractivity contribution in [2.45, 2.75) is 9.92 Å². The van der Waals surface area contributed by atoms with Crippen LogP contribution in [-0.4, -0.2) is 29.3 Å². The van der Waals surface area contributed by atoms with E-state index < -0.39 is 5.97 Å². The molecule has 0 aliphatic heterocycles. The molecular weight excluding hydrogens is 342 g/mol. The van der Waals surface area contributed by atoms with Gasteiger partial charge in [-0.3, -0.25) is 0 Å². The minimum atomic E-state index is -0.480. The number of aliphatic hydroxyl groups excluding tert-OH is 1. The van der Waals surface area contributed by atoms with Crippen molar-refractivity contribution in [1.29, 1.82) is 0 Å². The van der Waals surface area contributed by atoms with E-state index in [-0.39, 0.29) is 13.2 Å². The van der Waals surface area contributed by atoms with Crippen LogP contribution < -0.4 is 0 Å². The Balaban J connectivity index is 2.19. The SMILES string of the molecule is O=C(OCCO)c1cccnc1Sc1ccc(Br)cc1. The summed E-state index contributed by atoms with van der Waals surface area (Å²) in [6, 6.07) is 11.1. The standard InChI is InChI=1S/C14H12BrNO3S/c15-10-3-5-11(6-4-10)20-13-12(2-1-7-16-13)14(18)19-9-8-17/h1-7,17H,8-9H2. The van der Waals surface area contributed by atoms with Crippen molar-refractivity contribution in [1.82, 2.24) is 4.98 Å². The van der Waals surface area contributed by atoms with Crippen LogP contribution in [-0.2, 0) is 4.74 Å². The first kappa shape index (κ1) is 15.0. The number of carbonyl (C=O) groups is 1. The van der Waals surface area contributed by atoms with Gasteiger partial charge >= 0.3 is 5.97 Å². The van der Waals surface area contributed by atoms with Crippen LogP contribution in [0, 0.1) is 0 Å². The second kappa shape index (κ2) is 7.42. The third-order valence-electron chi connectivity index (χ3n) is 2.34. The number of esters is 1. The first-order valence-electron chi connectivity index (χ1n) is 5.87. The maximum Gasteiger partial charge on any atom is 0.340 e. The summed E-state index contributed by atoms with van der Waals surface area (Å²) < 4.78 is 5.92. The summed E-state index contributed by atoms with van der Waals surface area (Å²) in [6.45, 7) is -0.211. The number of hydrogen-bond donors (Lipinski definition) is 1. The van der Waals surface area contributed by atoms with Crippen LogP contribution in [0.1, 0.15) is 10.4 Å². The van der Waals surface area contributed by atoms with Crippen LogP contribution in [0.15, 0.2) is 57.0 Å². The summed E-state index contributed by atoms with van der Waals surface area (Å²) in [5.41, 5.74) is 0.397. The second-order valence-corrected chi connectivity index (χ2v) is 5.75. The molecule has 6 heteroatoms. The van der Waals surface area contributed by atoms with E-state index in [4.69, 9.17) is 9.84 Å². The van der Waals surface area contributed by atoms with E-state index in [0.29, 0.717) is 10.6 Å². The molecule has 2 aromatic rings. The molecule has 20 heavy (non-hydrogen) atoms. The van der Waals surface area contributed by atoms with Crippen LogP contribution >= 0.6 is 27.7 Å². The Morgan fingerprint density at radius 1 is 1.30 bits per heavy atom. The summed E-state index contributed by atoms with van der Waals surface area (Å²) in [7, 11) is 0. The zero-order valence-electron chi connectivity index (χ0n) is 10.5. The lowest BCUT2D eigenvalue weighted by Gasteiger charge is -2.07. The fourth-order valence-electron chi connectivity index (χ4n) is 1.46. The quantitative estimate of drug-likeness (QED) is 0.836. The van der Waals surface area contributed by atoms with Crippen LogP contribution in [0.3, 0.4) is 0 Å². The third kappa shape index (κ3) is 4.06. The number of hydrogen-bond acceptors (Lipinski definition) is 5. The van der Waals surface area contributed by atoms with Gasteiger partial charge in [0.05, 0.1) is 12.2 Å². The normalized spacial score (nSPS) is 10.3. The van der Waals surface area contributed by atoms with E-state index in [1.54, 1.807) is 18.3 Å². The Bertz CT molecular complexity index is 589. The van der Waals surface area contributed by atoms with Gasteiger partial charge in [-0.25, -0.2) is 9.78 Å². The number of rotatable bonds is 5. The summed E-state index contributed by atoms with van der Waals surface area (Å²) in [5, 5.41) is 9.27. The van der Waals surface area contributed by atoms with Crippen molar-refractivity contribution in [2.24, 2.45) is 0 Å². The number of ether oxygens (including phenoxy) is 1. The summed E-state index contributed by atoms with van der Waals surface area (Å²) >= 11 is 4.76. The number of nitrogens with zero attached hydrogens (tertiary/aromatic N) is 1. The van der Waals surface area contributed by atoms with Crippen molar-refractivity contribution in [3.05, 3.63) is 52.6 Å². The summed E-state index contributed by atoms with van der Waals surface area (Å²) in [6.07, 6.45) is 1.63. The van der Waals surface area contributed by atoms with Crippen LogP contribution in [0.5, 0.6) is 0 Å². The first-order chi connectivity index (χ1) is 9.70. The molecule has 2 rings (SSSR count). The zero-order valence-corrected chi connectivity index (χ0v) is 12.9. The summed E-state index contributed by atoms with van der Waals surface area (Å²) in [4.78, 5) is 17.1. The van der Waals surface area contributed by atoms with Crippen molar-refractivity contribution < 1.29 is 14.6 Å². The zero-order chi connectivity index (χ0) is 14.4. The molecule has 4 nitrogen and oxygen atoms in total. The lowest BCUT2D eigenvalue weighted by atomic mass is 10.3. The molecule has 104 valence electrons. The molecule has 1 aromatic carbocycles. The van der Waals surface area contributed by atoms with Crippen LogP contribution in [0.2, 0.25) is 0 Å². The molecule has 0 radical (unpaired) electrons. The maximum atomic E-state index is 11.9. The molecule has 0 saturated carbocycles. The van der Waals surface area contributed by atoms with E-state index in [1.165, 1.54) is 11.8 Å². The van der Waals surface area contributed by atoms with Crippen LogP contribution in [0.25, 0.3) is 0 Å². The predicted molar refractivity (Wildman–Crippen MR) is 79.9 cm³/mol. The molecule has 0 fully saturated rings. The Kier molecular flexibility index (Phi) is 5.58. The highest BCUT2D eigenvalue weighted by Gasteiger charge is 2.14. The second-order valence-electron chi connectivity index (χ2n) is 3.77. The lowest BCUT2D eigenvalue weighted by molar-refractivity contribution is 0.0429. The van der Waals surface area contributed by atoms with Gasteiger partial charge in [-0.05, 0) is 36.4 Å². The van der Waals surface area contributed by atoms with Gasteiger partial charge in [0.1, 0.15) is 11.6 Å². The van der Waals surface area contributed by atoms with Gasteiger partial charge in [0.2, 0.25) is 0 Å². The van der Waals surface area contributed by atoms with Crippen molar-refractivity contribution in [3.63, 3.8) is 0 Å². The fourth-order valence-corrected chi connectivity index (χ4v) is 2.59. The van der Waals surface area contributed by atoms with Gasteiger partial charge in [-0.15, -0.1) is 0 Å². The summed E-state index contributed by atoms with van der Waals surface area (Å²) in [5.74, 6) is -0.480. The van der Waals surface area contributed by atoms with E-state index in [1.807, 2.05) is 24.3 Å². The average molecular weight is 354 g/mol. The molecule has 0 bridgehead atoms. The molecule has 1 heterocycles. The first-order valence-corrected chi connectivity index (χ1v) is 7.48. The highest BCUT2D eigenvalue weighted by Crippen LogP contribution is 2.29. The molecule has 0 aliphatic rings. The van der Waals surface area contributed by atoms with Crippen molar-refractivity contribution in [2.75, 3.05) is 13.2 Å². The molecule has 0 saturated heterocycles. The monoisotopic (exact) mass is 353 g/mol. The van der Waals surface area contributed by atoms with E-state index in [9.17, 15) is 4.79 Å². The number of pyridine rings is 1. The van der Waals surface area contributed by atoms with Gasteiger partial charge in [0, 0.05) is 15.6 Å². The number of carbonyl (C=O) groups excluding carboxylic acids is 1. The van der Waals surface area contributed by atoms with Gasteiger partial charge in [-0.2, -0.15) is 0 Å². The van der Waals surface area contributed by atoms with Crippen LogP contribution in [0.4, 0.5) is 0 Å². The molecular formula is C14H12BrNO3S. The molecule has 0 spiro atoms. The third-order valence-corrected chi connectivity index (χ3v) is 3.90. The maximum absolute atomic E-state index is 11.9. The fraction of sp³-hybridized carbons (Fsp3) is 0.143. The highest BCUT2D eigenvalue weighted by molar-refractivity contribution is 9.10. The minimum Gasteiger partial charge on any atom is -0.460 e. The number of aliphatic hydroxyl groups is 1. The number of aromatic nitrogens is 1. The molecule has 0 unspecified atom stereocenters. The largest absolute Gasteiger partial charge is 0.460 e. The predicted octanol–water partition coefficient (Wildman–Crippen LogP) is 3.14. The van der Waals surface area contributed by atoms with Gasteiger partial charge in [-0.1, -0.05) is 27.7 Å². The molecule has 0 amide bonds. The van der Waals surface area contributed by atoms with Gasteiger partial charge < -0.3 is 9.84 Å². The smallest absolute Gasteiger partial charge is 0.340 e. The minimum absolute atomic E-state index is 0.0177. The Morgan fingerprint density at radius 2 is 2.05 bits per heavy atom. The number of benzene rings is 1. The van der Waals surface area contributed by atoms with E-state index in [2.05, 4.69) is 20.9 Å². The Morgan fingerprint density at radius 3 is 2.75 bits per heavy atom. The molecule has 0 aliphatic carbocycles. The molecule has 1 aromatic heterocycles.